The van der Waals surface area contributed by atoms with E-state index in [2.05, 4.69) is 10.3 Å². The van der Waals surface area contributed by atoms with Gasteiger partial charge < -0.3 is 24.7 Å². The number of pyridine rings is 1. The molecule has 0 aliphatic heterocycles. The molecule has 3 aromatic rings. The summed E-state index contributed by atoms with van der Waals surface area (Å²) in [5.74, 6) is 1.21. The Morgan fingerprint density at radius 3 is 2.45 bits per heavy atom. The molecule has 0 bridgehead atoms. The summed E-state index contributed by atoms with van der Waals surface area (Å²) in [5.41, 5.74) is 4.17. The van der Waals surface area contributed by atoms with Crippen LogP contribution in [0.15, 0.2) is 41.2 Å². The monoisotopic (exact) mass is 423 g/mol. The minimum atomic E-state index is -0.239. The summed E-state index contributed by atoms with van der Waals surface area (Å²) in [6.07, 6.45) is 0. The van der Waals surface area contributed by atoms with Crippen LogP contribution in [0.25, 0.3) is 10.9 Å². The van der Waals surface area contributed by atoms with Crippen LogP contribution in [0.4, 0.5) is 4.79 Å². The van der Waals surface area contributed by atoms with Crippen molar-refractivity contribution in [2.75, 3.05) is 20.8 Å². The summed E-state index contributed by atoms with van der Waals surface area (Å²) in [4.78, 5) is 30.1. The fraction of sp³-hybridized carbons (Fsp3) is 0.333. The first kappa shape index (κ1) is 22.2. The van der Waals surface area contributed by atoms with Crippen LogP contribution in [0.1, 0.15) is 29.2 Å². The Labute approximate surface area is 182 Å². The lowest BCUT2D eigenvalue weighted by atomic mass is 10.0. The predicted octanol–water partition coefficient (Wildman–Crippen LogP) is 3.89. The zero-order chi connectivity index (χ0) is 22.5. The number of nitrogens with one attached hydrogen (secondary N) is 2. The van der Waals surface area contributed by atoms with Crippen molar-refractivity contribution < 1.29 is 14.3 Å². The van der Waals surface area contributed by atoms with Crippen molar-refractivity contribution in [3.63, 3.8) is 0 Å². The zero-order valence-corrected chi connectivity index (χ0v) is 18.7. The van der Waals surface area contributed by atoms with Crippen molar-refractivity contribution in [1.82, 2.24) is 15.2 Å². The lowest BCUT2D eigenvalue weighted by Crippen LogP contribution is -2.40. The molecule has 2 N–H and O–H groups in total. The van der Waals surface area contributed by atoms with E-state index in [0.717, 1.165) is 27.6 Å². The number of urea groups is 1. The second-order valence-corrected chi connectivity index (χ2v) is 7.55. The van der Waals surface area contributed by atoms with E-state index < -0.39 is 0 Å². The highest BCUT2D eigenvalue weighted by atomic mass is 16.5. The third-order valence-corrected chi connectivity index (χ3v) is 5.17. The Hall–Kier alpha value is -3.48. The maximum Gasteiger partial charge on any atom is 0.317 e. The van der Waals surface area contributed by atoms with Gasteiger partial charge in [-0.05, 0) is 61.5 Å². The van der Waals surface area contributed by atoms with E-state index in [1.807, 2.05) is 51.1 Å². The summed E-state index contributed by atoms with van der Waals surface area (Å²) >= 11 is 0. The largest absolute Gasteiger partial charge is 0.493 e. The van der Waals surface area contributed by atoms with Gasteiger partial charge in [0.15, 0.2) is 11.5 Å². The van der Waals surface area contributed by atoms with Crippen LogP contribution in [0, 0.1) is 13.8 Å². The number of aryl methyl sites for hydroxylation is 2. The average Bonchev–Trinajstić information content (AvgIpc) is 2.74. The Morgan fingerprint density at radius 1 is 1.03 bits per heavy atom. The molecule has 0 radical (unpaired) electrons. The van der Waals surface area contributed by atoms with Crippen molar-refractivity contribution >= 4 is 16.9 Å². The van der Waals surface area contributed by atoms with Gasteiger partial charge in [-0.1, -0.05) is 17.7 Å². The number of rotatable bonds is 7. The lowest BCUT2D eigenvalue weighted by Gasteiger charge is -2.23. The molecule has 164 valence electrons. The highest BCUT2D eigenvalue weighted by molar-refractivity contribution is 5.83. The van der Waals surface area contributed by atoms with E-state index in [1.54, 1.807) is 25.2 Å². The maximum absolute atomic E-state index is 12.8. The maximum atomic E-state index is 12.8. The number of amides is 2. The Morgan fingerprint density at radius 2 is 1.77 bits per heavy atom. The SMILES string of the molecule is CCNC(=O)N(Cc1ccc(OC)c(OC)c1)Cc1cc2cc(C)cc(C)c2[nH]c1=O. The van der Waals surface area contributed by atoms with Gasteiger partial charge in [0, 0.05) is 18.7 Å². The molecule has 0 atom stereocenters. The first-order valence-corrected chi connectivity index (χ1v) is 10.2. The topological polar surface area (TPSA) is 83.7 Å². The summed E-state index contributed by atoms with van der Waals surface area (Å²) in [6, 6.07) is 11.2. The Kier molecular flexibility index (Phi) is 6.84. The van der Waals surface area contributed by atoms with Gasteiger partial charge in [0.25, 0.3) is 5.56 Å². The van der Waals surface area contributed by atoms with Crippen molar-refractivity contribution in [2.24, 2.45) is 0 Å². The number of ether oxygens (including phenoxy) is 2. The molecular weight excluding hydrogens is 394 g/mol. The number of carbonyl (C=O) groups excluding carboxylic acids is 1. The quantitative estimate of drug-likeness (QED) is 0.604. The van der Waals surface area contributed by atoms with Gasteiger partial charge in [-0.2, -0.15) is 0 Å². The Balaban J connectivity index is 1.96. The smallest absolute Gasteiger partial charge is 0.317 e. The Bertz CT molecular complexity index is 1150. The minimum absolute atomic E-state index is 0.179. The highest BCUT2D eigenvalue weighted by Crippen LogP contribution is 2.28. The van der Waals surface area contributed by atoms with Gasteiger partial charge >= 0.3 is 6.03 Å². The molecule has 0 unspecified atom stereocenters. The number of fused-ring (bicyclic) bond motifs is 1. The van der Waals surface area contributed by atoms with E-state index in [1.165, 1.54) is 0 Å². The first-order valence-electron chi connectivity index (χ1n) is 10.2. The number of H-pyrrole nitrogens is 1. The number of aromatic amines is 1. The zero-order valence-electron chi connectivity index (χ0n) is 18.7. The van der Waals surface area contributed by atoms with Crippen LogP contribution in [0.2, 0.25) is 0 Å². The first-order chi connectivity index (χ1) is 14.9. The number of methoxy groups -OCH3 is 2. The van der Waals surface area contributed by atoms with Gasteiger partial charge in [-0.3, -0.25) is 4.79 Å². The van der Waals surface area contributed by atoms with Gasteiger partial charge in [0.2, 0.25) is 0 Å². The molecule has 0 aliphatic rings. The molecule has 0 spiro atoms. The van der Waals surface area contributed by atoms with E-state index in [4.69, 9.17) is 9.47 Å². The normalized spacial score (nSPS) is 10.7. The lowest BCUT2D eigenvalue weighted by molar-refractivity contribution is 0.192. The molecule has 3 rings (SSSR count). The van der Waals surface area contributed by atoms with E-state index in [9.17, 15) is 9.59 Å². The molecule has 7 nitrogen and oxygen atoms in total. The summed E-state index contributed by atoms with van der Waals surface area (Å²) in [5, 5.41) is 3.78. The van der Waals surface area contributed by atoms with Gasteiger partial charge in [-0.25, -0.2) is 4.79 Å². The third kappa shape index (κ3) is 4.99. The van der Waals surface area contributed by atoms with Gasteiger partial charge in [0.05, 0.1) is 26.3 Å². The second kappa shape index (κ2) is 9.55. The molecule has 31 heavy (non-hydrogen) atoms. The molecule has 0 aliphatic carbocycles. The number of hydrogen-bond acceptors (Lipinski definition) is 4. The molecule has 1 heterocycles. The standard InChI is InChI=1S/C24H29N3O4/c1-6-25-24(29)27(13-17-7-8-20(30-4)21(11-17)31-5)14-19-12-18-10-15(2)9-16(3)22(18)26-23(19)28/h7-12H,6,13-14H2,1-5H3,(H,25,29)(H,26,28). The predicted molar refractivity (Wildman–Crippen MR) is 122 cm³/mol. The van der Waals surface area contributed by atoms with Crippen LogP contribution < -0.4 is 20.3 Å². The summed E-state index contributed by atoms with van der Waals surface area (Å²) < 4.78 is 10.7. The van der Waals surface area contributed by atoms with E-state index in [0.29, 0.717) is 30.2 Å². The summed E-state index contributed by atoms with van der Waals surface area (Å²) in [7, 11) is 3.15. The fourth-order valence-corrected chi connectivity index (χ4v) is 3.72. The van der Waals surface area contributed by atoms with Crippen molar-refractivity contribution in [1.29, 1.82) is 0 Å². The number of benzene rings is 2. The molecule has 2 amide bonds. The third-order valence-electron chi connectivity index (χ3n) is 5.17. The van der Waals surface area contributed by atoms with Gasteiger partial charge in [0.1, 0.15) is 0 Å². The van der Waals surface area contributed by atoms with E-state index in [-0.39, 0.29) is 18.1 Å². The van der Waals surface area contributed by atoms with Crippen LogP contribution >= 0.6 is 0 Å². The molecule has 7 heteroatoms. The molecule has 2 aromatic carbocycles. The number of nitrogens with zero attached hydrogens (tertiary/aromatic N) is 1. The number of aromatic nitrogens is 1. The van der Waals surface area contributed by atoms with Gasteiger partial charge in [-0.15, -0.1) is 0 Å². The highest BCUT2D eigenvalue weighted by Gasteiger charge is 2.17. The van der Waals surface area contributed by atoms with Crippen molar-refractivity contribution in [3.8, 4) is 11.5 Å². The second-order valence-electron chi connectivity index (χ2n) is 7.55. The number of hydrogen-bond donors (Lipinski definition) is 2. The average molecular weight is 424 g/mol. The summed E-state index contributed by atoms with van der Waals surface area (Å²) in [6.45, 7) is 6.85. The van der Waals surface area contributed by atoms with E-state index >= 15 is 0 Å². The van der Waals surface area contributed by atoms with Crippen molar-refractivity contribution in [3.05, 3.63) is 69.0 Å². The number of carbonyl (C=O) groups is 1. The van der Waals surface area contributed by atoms with Crippen LogP contribution in [0.3, 0.4) is 0 Å². The van der Waals surface area contributed by atoms with Crippen LogP contribution in [-0.4, -0.2) is 36.7 Å². The van der Waals surface area contributed by atoms with Crippen molar-refractivity contribution in [2.45, 2.75) is 33.9 Å². The fourth-order valence-electron chi connectivity index (χ4n) is 3.72. The molecule has 0 saturated heterocycles. The molecule has 0 fully saturated rings. The molecular formula is C24H29N3O4. The molecule has 0 saturated carbocycles. The van der Waals surface area contributed by atoms with Crippen LogP contribution in [-0.2, 0) is 13.1 Å². The minimum Gasteiger partial charge on any atom is -0.493 e. The van der Waals surface area contributed by atoms with Crippen LogP contribution in [0.5, 0.6) is 11.5 Å². The molecule has 1 aromatic heterocycles.